The maximum Gasteiger partial charge on any atom is 0.203 e. The third kappa shape index (κ3) is 3.80. The molecule has 1 aliphatic heterocycles. The second kappa shape index (κ2) is 7.63. The first kappa shape index (κ1) is 15.3. The van der Waals surface area contributed by atoms with Gasteiger partial charge in [0.05, 0.1) is 11.0 Å². The molecule has 1 aromatic carbocycles. The Morgan fingerprint density at radius 3 is 2.82 bits per heavy atom. The third-order valence-electron chi connectivity index (χ3n) is 4.59. The summed E-state index contributed by atoms with van der Waals surface area (Å²) >= 11 is 0. The van der Waals surface area contributed by atoms with Crippen LogP contribution in [-0.2, 0) is 0 Å². The van der Waals surface area contributed by atoms with Crippen LogP contribution < -0.4 is 4.90 Å². The van der Waals surface area contributed by atoms with Crippen LogP contribution in [0.1, 0.15) is 39.0 Å². The minimum Gasteiger partial charge on any atom is -0.341 e. The van der Waals surface area contributed by atoms with Crippen molar-refractivity contribution in [2.45, 2.75) is 39.0 Å². The van der Waals surface area contributed by atoms with Crippen molar-refractivity contribution in [1.29, 1.82) is 0 Å². The van der Waals surface area contributed by atoms with E-state index in [9.17, 15) is 0 Å². The fourth-order valence-electron chi connectivity index (χ4n) is 3.26. The summed E-state index contributed by atoms with van der Waals surface area (Å²) < 4.78 is 0. The Labute approximate surface area is 133 Å². The number of anilines is 1. The Bertz CT molecular complexity index is 544. The quantitative estimate of drug-likeness (QED) is 0.827. The van der Waals surface area contributed by atoms with E-state index >= 15 is 0 Å². The number of imidazole rings is 1. The molecule has 3 rings (SSSR count). The van der Waals surface area contributed by atoms with Gasteiger partial charge in [-0.25, -0.2) is 4.98 Å². The molecule has 120 valence electrons. The molecule has 1 aliphatic rings. The first-order valence-electron chi connectivity index (χ1n) is 8.79. The summed E-state index contributed by atoms with van der Waals surface area (Å²) in [6.07, 6.45) is 6.64. The lowest BCUT2D eigenvalue weighted by molar-refractivity contribution is 0.286. The van der Waals surface area contributed by atoms with Crippen LogP contribution >= 0.6 is 0 Å². The largest absolute Gasteiger partial charge is 0.341 e. The van der Waals surface area contributed by atoms with Crippen LogP contribution in [-0.4, -0.2) is 47.6 Å². The van der Waals surface area contributed by atoms with E-state index in [1.165, 1.54) is 45.2 Å². The highest BCUT2D eigenvalue weighted by molar-refractivity contribution is 5.77. The number of H-pyrrole nitrogens is 1. The minimum atomic E-state index is 1.04. The van der Waals surface area contributed by atoms with Gasteiger partial charge in [0, 0.05) is 19.6 Å². The van der Waals surface area contributed by atoms with E-state index in [1.54, 1.807) is 0 Å². The molecule has 1 N–H and O–H groups in total. The molecule has 0 radical (unpaired) electrons. The number of para-hydroxylation sites is 2. The Morgan fingerprint density at radius 2 is 1.95 bits per heavy atom. The molecule has 1 aromatic heterocycles. The average Bonchev–Trinajstić information content (AvgIpc) is 2.83. The molecule has 0 saturated carbocycles. The molecular formula is C18H28N4. The van der Waals surface area contributed by atoms with E-state index in [1.807, 2.05) is 6.07 Å². The Balaban J connectivity index is 1.55. The molecular weight excluding hydrogens is 272 g/mol. The van der Waals surface area contributed by atoms with E-state index in [2.05, 4.69) is 39.9 Å². The van der Waals surface area contributed by atoms with Crippen molar-refractivity contribution in [2.75, 3.05) is 37.6 Å². The SMILES string of the molecule is CCCCCCN1CCCN(c2nc3ccccc3[nH]2)CC1. The fourth-order valence-corrected chi connectivity index (χ4v) is 3.26. The van der Waals surface area contributed by atoms with Crippen molar-refractivity contribution in [1.82, 2.24) is 14.9 Å². The number of rotatable bonds is 6. The van der Waals surface area contributed by atoms with Gasteiger partial charge in [-0.2, -0.15) is 0 Å². The fraction of sp³-hybridized carbons (Fsp3) is 0.611. The smallest absolute Gasteiger partial charge is 0.203 e. The van der Waals surface area contributed by atoms with E-state index in [-0.39, 0.29) is 0 Å². The molecule has 0 spiro atoms. The van der Waals surface area contributed by atoms with Crippen molar-refractivity contribution in [3.05, 3.63) is 24.3 Å². The highest BCUT2D eigenvalue weighted by atomic mass is 15.3. The third-order valence-corrected chi connectivity index (χ3v) is 4.59. The van der Waals surface area contributed by atoms with Crippen LogP contribution in [0.25, 0.3) is 11.0 Å². The lowest BCUT2D eigenvalue weighted by atomic mass is 10.2. The molecule has 22 heavy (non-hydrogen) atoms. The molecule has 1 saturated heterocycles. The Morgan fingerprint density at radius 1 is 1.05 bits per heavy atom. The summed E-state index contributed by atoms with van der Waals surface area (Å²) in [5.74, 6) is 1.04. The molecule has 1 fully saturated rings. The van der Waals surface area contributed by atoms with Gasteiger partial charge in [-0.05, 0) is 38.1 Å². The number of hydrogen-bond donors (Lipinski definition) is 1. The van der Waals surface area contributed by atoms with E-state index in [0.717, 1.165) is 36.6 Å². The van der Waals surface area contributed by atoms with Crippen molar-refractivity contribution >= 4 is 17.0 Å². The Kier molecular flexibility index (Phi) is 5.33. The zero-order valence-electron chi connectivity index (χ0n) is 13.7. The van der Waals surface area contributed by atoms with Crippen molar-refractivity contribution in [2.24, 2.45) is 0 Å². The summed E-state index contributed by atoms with van der Waals surface area (Å²) in [6.45, 7) is 8.09. The summed E-state index contributed by atoms with van der Waals surface area (Å²) in [4.78, 5) is 13.2. The number of nitrogens with one attached hydrogen (secondary N) is 1. The highest BCUT2D eigenvalue weighted by Gasteiger charge is 2.17. The van der Waals surface area contributed by atoms with E-state index in [4.69, 9.17) is 4.98 Å². The molecule has 4 heteroatoms. The van der Waals surface area contributed by atoms with Gasteiger partial charge in [-0.1, -0.05) is 38.3 Å². The van der Waals surface area contributed by atoms with Crippen molar-refractivity contribution in [3.63, 3.8) is 0 Å². The number of nitrogens with zero attached hydrogens (tertiary/aromatic N) is 3. The number of hydrogen-bond acceptors (Lipinski definition) is 3. The topological polar surface area (TPSA) is 35.2 Å². The predicted octanol–water partition coefficient (Wildman–Crippen LogP) is 3.66. The maximum atomic E-state index is 4.74. The van der Waals surface area contributed by atoms with Gasteiger partial charge in [0.2, 0.25) is 5.95 Å². The van der Waals surface area contributed by atoms with Gasteiger partial charge in [0.25, 0.3) is 0 Å². The minimum absolute atomic E-state index is 1.04. The van der Waals surface area contributed by atoms with Gasteiger partial charge in [0.1, 0.15) is 0 Å². The summed E-state index contributed by atoms with van der Waals surface area (Å²) in [5.41, 5.74) is 2.20. The van der Waals surface area contributed by atoms with Gasteiger partial charge < -0.3 is 14.8 Å². The monoisotopic (exact) mass is 300 g/mol. The van der Waals surface area contributed by atoms with E-state index in [0.29, 0.717) is 0 Å². The lowest BCUT2D eigenvalue weighted by Crippen LogP contribution is -2.31. The second-order valence-corrected chi connectivity index (χ2v) is 6.32. The standard InChI is InChI=1S/C18H28N4/c1-2-3-4-7-11-21-12-8-13-22(15-14-21)18-19-16-9-5-6-10-17(16)20-18/h5-6,9-10H,2-4,7-8,11-15H2,1H3,(H,19,20). The summed E-state index contributed by atoms with van der Waals surface area (Å²) in [6, 6.07) is 8.29. The summed E-state index contributed by atoms with van der Waals surface area (Å²) in [7, 11) is 0. The molecule has 0 unspecified atom stereocenters. The van der Waals surface area contributed by atoms with Gasteiger partial charge >= 0.3 is 0 Å². The molecule has 2 heterocycles. The first-order valence-corrected chi connectivity index (χ1v) is 8.79. The summed E-state index contributed by atoms with van der Waals surface area (Å²) in [5, 5.41) is 0. The number of unbranched alkanes of at least 4 members (excludes halogenated alkanes) is 3. The van der Waals surface area contributed by atoms with Crippen LogP contribution in [0.15, 0.2) is 24.3 Å². The maximum absolute atomic E-state index is 4.74. The second-order valence-electron chi connectivity index (χ2n) is 6.32. The predicted molar refractivity (Wildman–Crippen MR) is 93.5 cm³/mol. The average molecular weight is 300 g/mol. The highest BCUT2D eigenvalue weighted by Crippen LogP contribution is 2.18. The number of aromatic nitrogens is 2. The molecule has 0 bridgehead atoms. The lowest BCUT2D eigenvalue weighted by Gasteiger charge is -2.21. The van der Waals surface area contributed by atoms with Crippen molar-refractivity contribution < 1.29 is 0 Å². The van der Waals surface area contributed by atoms with Crippen molar-refractivity contribution in [3.8, 4) is 0 Å². The number of benzene rings is 1. The zero-order valence-corrected chi connectivity index (χ0v) is 13.7. The van der Waals surface area contributed by atoms with E-state index < -0.39 is 0 Å². The van der Waals surface area contributed by atoms with Gasteiger partial charge in [-0.3, -0.25) is 0 Å². The van der Waals surface area contributed by atoms with Gasteiger partial charge in [-0.15, -0.1) is 0 Å². The van der Waals surface area contributed by atoms with Crippen LogP contribution in [0.5, 0.6) is 0 Å². The molecule has 0 atom stereocenters. The first-order chi connectivity index (χ1) is 10.9. The number of fused-ring (bicyclic) bond motifs is 1. The normalized spacial score (nSPS) is 17.0. The Hall–Kier alpha value is -1.55. The molecule has 0 amide bonds. The molecule has 2 aromatic rings. The van der Waals surface area contributed by atoms with Crippen LogP contribution in [0.2, 0.25) is 0 Å². The zero-order chi connectivity index (χ0) is 15.2. The molecule has 4 nitrogen and oxygen atoms in total. The van der Waals surface area contributed by atoms with Crippen LogP contribution in [0.3, 0.4) is 0 Å². The molecule has 0 aliphatic carbocycles. The van der Waals surface area contributed by atoms with Gasteiger partial charge in [0.15, 0.2) is 0 Å². The van der Waals surface area contributed by atoms with Crippen LogP contribution in [0.4, 0.5) is 5.95 Å². The van der Waals surface area contributed by atoms with Crippen LogP contribution in [0, 0.1) is 0 Å². The number of aromatic amines is 1.